The molecular weight excluding hydrogens is 356 g/mol. The minimum Gasteiger partial charge on any atom is -0.491 e. The Labute approximate surface area is 155 Å². The summed E-state index contributed by atoms with van der Waals surface area (Å²) in [5, 5.41) is 6.40. The van der Waals surface area contributed by atoms with Gasteiger partial charge in [-0.2, -0.15) is 0 Å². The van der Waals surface area contributed by atoms with Crippen LogP contribution in [0.4, 0.5) is 10.5 Å². The maximum absolute atomic E-state index is 12.1. The number of rotatable bonds is 6. The molecule has 0 aliphatic carbocycles. The number of anilines is 1. The van der Waals surface area contributed by atoms with Gasteiger partial charge in [0.2, 0.25) is 0 Å². The lowest BCUT2D eigenvalue weighted by Crippen LogP contribution is -2.34. The molecule has 0 saturated carbocycles. The molecule has 2 amide bonds. The predicted octanol–water partition coefficient (Wildman–Crippen LogP) is 3.39. The van der Waals surface area contributed by atoms with Gasteiger partial charge in [0.1, 0.15) is 0 Å². The van der Waals surface area contributed by atoms with Gasteiger partial charge in [0.05, 0.1) is 19.8 Å². The molecule has 0 bridgehead atoms. The highest BCUT2D eigenvalue weighted by atomic mass is 32.1. The highest BCUT2D eigenvalue weighted by Gasteiger charge is 2.21. The Morgan fingerprint density at radius 1 is 1.38 bits per heavy atom. The quantitative estimate of drug-likeness (QED) is 0.753. The van der Waals surface area contributed by atoms with E-state index in [1.165, 1.54) is 18.4 Å². The topological polar surface area (TPSA) is 85.9 Å². The summed E-state index contributed by atoms with van der Waals surface area (Å²) in [6.07, 6.45) is 2.09. The van der Waals surface area contributed by atoms with E-state index in [1.54, 1.807) is 12.1 Å². The van der Waals surface area contributed by atoms with Gasteiger partial charge in [-0.3, -0.25) is 0 Å². The van der Waals surface area contributed by atoms with E-state index in [1.807, 2.05) is 13.0 Å². The molecule has 1 aliphatic rings. The molecule has 1 aromatic heterocycles. The van der Waals surface area contributed by atoms with Crippen LogP contribution in [0.15, 0.2) is 18.2 Å². The van der Waals surface area contributed by atoms with Gasteiger partial charge < -0.3 is 24.8 Å². The molecule has 0 spiro atoms. The summed E-state index contributed by atoms with van der Waals surface area (Å²) in [5.41, 5.74) is 0.623. The highest BCUT2D eigenvalue weighted by Crippen LogP contribution is 2.39. The number of benzene rings is 1. The number of carbonyl (C=O) groups is 2. The van der Waals surface area contributed by atoms with Gasteiger partial charge in [0.25, 0.3) is 0 Å². The predicted molar refractivity (Wildman–Crippen MR) is 100 cm³/mol. The number of nitrogens with one attached hydrogen (secondary N) is 2. The van der Waals surface area contributed by atoms with Crippen LogP contribution in [-0.2, 0) is 9.47 Å². The summed E-state index contributed by atoms with van der Waals surface area (Å²) in [7, 11) is 1.34. The van der Waals surface area contributed by atoms with E-state index in [4.69, 9.17) is 14.2 Å². The Balaban J connectivity index is 1.75. The van der Waals surface area contributed by atoms with Gasteiger partial charge >= 0.3 is 12.0 Å². The Morgan fingerprint density at radius 2 is 2.23 bits per heavy atom. The van der Waals surface area contributed by atoms with Crippen LogP contribution in [-0.4, -0.2) is 45.0 Å². The standard InChI is InChI=1S/C18H22N2O5S/c1-3-24-15-13-9-11(6-7-14(13)26-16(15)17(21)23-2)20-18(22)19-10-12-5-4-8-25-12/h6-7,9,12H,3-5,8,10H2,1-2H3,(H2,19,20,22)/t12-/m0/s1. The van der Waals surface area contributed by atoms with Crippen molar-refractivity contribution in [2.75, 3.05) is 32.2 Å². The van der Waals surface area contributed by atoms with Crippen molar-refractivity contribution in [1.82, 2.24) is 5.32 Å². The van der Waals surface area contributed by atoms with Crippen molar-refractivity contribution in [2.24, 2.45) is 0 Å². The number of methoxy groups -OCH3 is 1. The molecule has 140 valence electrons. The van der Waals surface area contributed by atoms with E-state index in [0.717, 1.165) is 29.5 Å². The van der Waals surface area contributed by atoms with E-state index >= 15 is 0 Å². The fourth-order valence-electron chi connectivity index (χ4n) is 2.85. The lowest BCUT2D eigenvalue weighted by molar-refractivity contribution is 0.0602. The Morgan fingerprint density at radius 3 is 2.92 bits per heavy atom. The minimum atomic E-state index is -0.432. The highest BCUT2D eigenvalue weighted by molar-refractivity contribution is 7.21. The van der Waals surface area contributed by atoms with Crippen LogP contribution >= 0.6 is 11.3 Å². The largest absolute Gasteiger partial charge is 0.491 e. The number of hydrogen-bond donors (Lipinski definition) is 2. The van der Waals surface area contributed by atoms with E-state index in [2.05, 4.69) is 10.6 Å². The first kappa shape index (κ1) is 18.5. The molecule has 8 heteroatoms. The van der Waals surface area contributed by atoms with Gasteiger partial charge in [-0.1, -0.05) is 0 Å². The molecule has 1 fully saturated rings. The number of esters is 1. The van der Waals surface area contributed by atoms with Crippen molar-refractivity contribution >= 4 is 39.1 Å². The van der Waals surface area contributed by atoms with Crippen molar-refractivity contribution in [2.45, 2.75) is 25.9 Å². The van der Waals surface area contributed by atoms with Crippen molar-refractivity contribution in [3.05, 3.63) is 23.1 Å². The van der Waals surface area contributed by atoms with E-state index in [9.17, 15) is 9.59 Å². The summed E-state index contributed by atoms with van der Waals surface area (Å²) >= 11 is 1.31. The first-order chi connectivity index (χ1) is 12.6. The zero-order chi connectivity index (χ0) is 18.5. The third-order valence-electron chi connectivity index (χ3n) is 4.07. The number of carbonyl (C=O) groups excluding carboxylic acids is 2. The summed E-state index contributed by atoms with van der Waals surface area (Å²) < 4.78 is 16.9. The fraction of sp³-hybridized carbons (Fsp3) is 0.444. The van der Waals surface area contributed by atoms with Gasteiger partial charge in [-0.05, 0) is 38.0 Å². The molecule has 1 saturated heterocycles. The molecule has 2 N–H and O–H groups in total. The SMILES string of the molecule is CCOc1c(C(=O)OC)sc2ccc(NC(=O)NC[C@@H]3CCCO3)cc12. The molecule has 3 rings (SSSR count). The lowest BCUT2D eigenvalue weighted by atomic mass is 10.2. The molecule has 1 atom stereocenters. The fourth-order valence-corrected chi connectivity index (χ4v) is 3.90. The average molecular weight is 378 g/mol. The Kier molecular flexibility index (Phi) is 5.95. The van der Waals surface area contributed by atoms with Gasteiger partial charge in [-0.25, -0.2) is 9.59 Å². The van der Waals surface area contributed by atoms with Crippen molar-refractivity contribution < 1.29 is 23.8 Å². The van der Waals surface area contributed by atoms with Gasteiger partial charge in [0.15, 0.2) is 10.6 Å². The third-order valence-corrected chi connectivity index (χ3v) is 5.21. The number of ether oxygens (including phenoxy) is 3. The number of fused-ring (bicyclic) bond motifs is 1. The van der Waals surface area contributed by atoms with Crippen molar-refractivity contribution in [3.8, 4) is 5.75 Å². The summed E-state index contributed by atoms with van der Waals surface area (Å²) in [6, 6.07) is 5.15. The van der Waals surface area contributed by atoms with Crippen molar-refractivity contribution in [1.29, 1.82) is 0 Å². The summed E-state index contributed by atoms with van der Waals surface area (Å²) in [5.74, 6) is 0.0567. The molecule has 2 heterocycles. The third kappa shape index (κ3) is 4.08. The van der Waals surface area contributed by atoms with Crippen LogP contribution in [0.3, 0.4) is 0 Å². The minimum absolute atomic E-state index is 0.0901. The zero-order valence-corrected chi connectivity index (χ0v) is 15.6. The molecule has 0 unspecified atom stereocenters. The molecule has 0 radical (unpaired) electrons. The van der Waals surface area contributed by atoms with E-state index in [-0.39, 0.29) is 12.1 Å². The maximum atomic E-state index is 12.1. The number of amides is 2. The number of thiophene rings is 1. The van der Waals surface area contributed by atoms with E-state index in [0.29, 0.717) is 29.5 Å². The first-order valence-corrected chi connectivity index (χ1v) is 9.38. The first-order valence-electron chi connectivity index (χ1n) is 8.56. The monoisotopic (exact) mass is 378 g/mol. The van der Waals surface area contributed by atoms with Crippen LogP contribution in [0.2, 0.25) is 0 Å². The number of hydrogen-bond acceptors (Lipinski definition) is 6. The molecular formula is C18H22N2O5S. The van der Waals surface area contributed by atoms with Crippen LogP contribution in [0, 0.1) is 0 Å². The second-order valence-electron chi connectivity index (χ2n) is 5.87. The number of urea groups is 1. The van der Waals surface area contributed by atoms with Crippen LogP contribution < -0.4 is 15.4 Å². The van der Waals surface area contributed by atoms with E-state index < -0.39 is 5.97 Å². The van der Waals surface area contributed by atoms with Crippen LogP contribution in [0.25, 0.3) is 10.1 Å². The molecule has 1 aliphatic heterocycles. The molecule has 2 aromatic rings. The molecule has 1 aromatic carbocycles. The Hall–Kier alpha value is -2.32. The van der Waals surface area contributed by atoms with Crippen molar-refractivity contribution in [3.63, 3.8) is 0 Å². The maximum Gasteiger partial charge on any atom is 0.351 e. The van der Waals surface area contributed by atoms with Gasteiger partial charge in [0, 0.05) is 28.9 Å². The zero-order valence-electron chi connectivity index (χ0n) is 14.8. The normalized spacial score (nSPS) is 16.5. The second kappa shape index (κ2) is 8.37. The van der Waals surface area contributed by atoms with Crippen LogP contribution in [0.1, 0.15) is 29.4 Å². The second-order valence-corrected chi connectivity index (χ2v) is 6.92. The lowest BCUT2D eigenvalue weighted by Gasteiger charge is -2.12. The molecule has 7 nitrogen and oxygen atoms in total. The summed E-state index contributed by atoms with van der Waals surface area (Å²) in [6.45, 7) is 3.52. The Bertz CT molecular complexity index is 798. The van der Waals surface area contributed by atoms with Gasteiger partial charge in [-0.15, -0.1) is 11.3 Å². The summed E-state index contributed by atoms with van der Waals surface area (Å²) in [4.78, 5) is 24.5. The van der Waals surface area contributed by atoms with Crippen LogP contribution in [0.5, 0.6) is 5.75 Å². The average Bonchev–Trinajstić information content (AvgIpc) is 3.28. The smallest absolute Gasteiger partial charge is 0.351 e. The molecule has 26 heavy (non-hydrogen) atoms.